The minimum atomic E-state index is -1.07. The molecule has 7 nitrogen and oxygen atoms in total. The molecule has 3 heterocycles. The zero-order chi connectivity index (χ0) is 21.5. The van der Waals surface area contributed by atoms with Crippen LogP contribution in [0.5, 0.6) is 0 Å². The molecule has 5 rings (SSSR count). The molecule has 2 aromatic carbocycles. The summed E-state index contributed by atoms with van der Waals surface area (Å²) in [5, 5.41) is 7.14. The van der Waals surface area contributed by atoms with E-state index in [1.54, 1.807) is 11.8 Å². The highest BCUT2D eigenvalue weighted by atomic mass is 19.2. The number of benzene rings is 2. The summed E-state index contributed by atoms with van der Waals surface area (Å²) in [4.78, 5) is 19.1. The van der Waals surface area contributed by atoms with E-state index in [1.165, 1.54) is 6.07 Å². The van der Waals surface area contributed by atoms with Gasteiger partial charge in [-0.25, -0.2) is 4.39 Å². The number of oxazole rings is 1. The quantitative estimate of drug-likeness (QED) is 0.523. The molecule has 1 atom stereocenters. The number of carbonyl (C=O) groups excluding carboxylic acids is 1. The normalized spacial score (nSPS) is 16.2. The van der Waals surface area contributed by atoms with E-state index in [-0.39, 0.29) is 29.1 Å². The van der Waals surface area contributed by atoms with Gasteiger partial charge in [-0.1, -0.05) is 35.5 Å². The molecule has 1 N–H and O–H groups in total. The fraction of sp³-hybridized carbons (Fsp3) is 0.227. The third-order valence-corrected chi connectivity index (χ3v) is 5.38. The van der Waals surface area contributed by atoms with Gasteiger partial charge in [-0.2, -0.15) is 9.37 Å². The van der Waals surface area contributed by atoms with Crippen molar-refractivity contribution in [3.05, 3.63) is 65.4 Å². The van der Waals surface area contributed by atoms with Crippen LogP contribution in [0.4, 0.5) is 14.8 Å². The molecule has 1 saturated heterocycles. The molecule has 158 valence electrons. The second-order valence-corrected chi connectivity index (χ2v) is 7.44. The number of amides is 1. The van der Waals surface area contributed by atoms with Crippen LogP contribution >= 0.6 is 0 Å². The molecule has 0 spiro atoms. The van der Waals surface area contributed by atoms with Crippen molar-refractivity contribution in [2.45, 2.75) is 19.4 Å². The third kappa shape index (κ3) is 3.41. The zero-order valence-corrected chi connectivity index (χ0v) is 16.6. The molecular formula is C22H18F2N4O3. The Morgan fingerprint density at radius 2 is 2.00 bits per heavy atom. The largest absolute Gasteiger partial charge is 0.420 e. The van der Waals surface area contributed by atoms with Crippen LogP contribution in [-0.4, -0.2) is 40.1 Å². The van der Waals surface area contributed by atoms with Gasteiger partial charge in [-0.05, 0) is 25.5 Å². The number of fused-ring (bicyclic) bond motifs is 1. The number of aryl methyl sites for hydroxylation is 1. The van der Waals surface area contributed by atoms with E-state index in [2.05, 4.69) is 15.5 Å². The van der Waals surface area contributed by atoms with Crippen LogP contribution in [0.25, 0.3) is 22.4 Å². The first-order valence-corrected chi connectivity index (χ1v) is 9.83. The molecule has 0 aliphatic carbocycles. The molecule has 0 radical (unpaired) electrons. The van der Waals surface area contributed by atoms with Crippen LogP contribution in [0, 0.1) is 18.6 Å². The first kappa shape index (κ1) is 19.2. The number of aromatic nitrogens is 2. The van der Waals surface area contributed by atoms with E-state index in [0.717, 1.165) is 11.6 Å². The van der Waals surface area contributed by atoms with Crippen LogP contribution in [0.3, 0.4) is 0 Å². The third-order valence-electron chi connectivity index (χ3n) is 5.38. The van der Waals surface area contributed by atoms with Crippen molar-refractivity contribution < 1.29 is 22.5 Å². The van der Waals surface area contributed by atoms with Crippen molar-refractivity contribution in [2.75, 3.05) is 18.4 Å². The van der Waals surface area contributed by atoms with Gasteiger partial charge in [0.05, 0.1) is 0 Å². The Morgan fingerprint density at radius 1 is 1.19 bits per heavy atom. The first-order valence-electron chi connectivity index (χ1n) is 9.83. The van der Waals surface area contributed by atoms with E-state index < -0.39 is 11.6 Å². The van der Waals surface area contributed by atoms with Crippen molar-refractivity contribution in [2.24, 2.45) is 0 Å². The molecule has 1 aliphatic rings. The number of nitrogens with one attached hydrogen (secondary N) is 1. The smallest absolute Gasteiger partial charge is 0.296 e. The monoisotopic (exact) mass is 424 g/mol. The van der Waals surface area contributed by atoms with Crippen LogP contribution in [0.1, 0.15) is 22.5 Å². The second-order valence-electron chi connectivity index (χ2n) is 7.44. The predicted molar refractivity (Wildman–Crippen MR) is 109 cm³/mol. The topological polar surface area (TPSA) is 84.4 Å². The van der Waals surface area contributed by atoms with E-state index in [9.17, 15) is 13.6 Å². The van der Waals surface area contributed by atoms with Crippen molar-refractivity contribution in [3.8, 4) is 11.3 Å². The average Bonchev–Trinajstić information content (AvgIpc) is 3.50. The van der Waals surface area contributed by atoms with Crippen LogP contribution in [0.15, 0.2) is 51.4 Å². The molecule has 1 aliphatic heterocycles. The van der Waals surface area contributed by atoms with Gasteiger partial charge in [-0.3, -0.25) is 4.79 Å². The lowest BCUT2D eigenvalue weighted by atomic mass is 10.1. The van der Waals surface area contributed by atoms with Gasteiger partial charge in [-0.15, -0.1) is 0 Å². The van der Waals surface area contributed by atoms with Gasteiger partial charge < -0.3 is 19.2 Å². The van der Waals surface area contributed by atoms with Gasteiger partial charge in [0.15, 0.2) is 11.4 Å². The Kier molecular flexibility index (Phi) is 4.65. The molecule has 4 aromatic rings. The molecule has 0 saturated carbocycles. The van der Waals surface area contributed by atoms with Gasteiger partial charge in [0.2, 0.25) is 5.82 Å². The number of anilines is 1. The van der Waals surface area contributed by atoms with Gasteiger partial charge in [0.25, 0.3) is 11.9 Å². The van der Waals surface area contributed by atoms with Crippen molar-refractivity contribution in [1.82, 2.24) is 15.0 Å². The highest BCUT2D eigenvalue weighted by Crippen LogP contribution is 2.29. The van der Waals surface area contributed by atoms with Crippen LogP contribution in [0.2, 0.25) is 0 Å². The molecule has 9 heteroatoms. The van der Waals surface area contributed by atoms with E-state index in [1.807, 2.05) is 30.3 Å². The lowest BCUT2D eigenvalue weighted by Crippen LogP contribution is -2.32. The average molecular weight is 424 g/mol. The van der Waals surface area contributed by atoms with Crippen molar-refractivity contribution >= 4 is 23.0 Å². The Morgan fingerprint density at radius 3 is 2.81 bits per heavy atom. The van der Waals surface area contributed by atoms with Crippen LogP contribution < -0.4 is 5.32 Å². The SMILES string of the molecule is Cc1onc(-c2ccccc2)c1C(=O)N1CC[C@@H](Nc2nc3ccc(F)c(F)c3o2)C1. The van der Waals surface area contributed by atoms with Gasteiger partial charge >= 0.3 is 0 Å². The molecule has 0 bridgehead atoms. The van der Waals surface area contributed by atoms with Gasteiger partial charge in [0.1, 0.15) is 22.5 Å². The highest BCUT2D eigenvalue weighted by molar-refractivity contribution is 6.01. The molecule has 1 fully saturated rings. The summed E-state index contributed by atoms with van der Waals surface area (Å²) in [7, 11) is 0. The molecule has 1 amide bonds. The summed E-state index contributed by atoms with van der Waals surface area (Å²) < 4.78 is 37.9. The number of halogens is 2. The molecule has 0 unspecified atom stereocenters. The number of hydrogen-bond donors (Lipinski definition) is 1. The lowest BCUT2D eigenvalue weighted by molar-refractivity contribution is 0.0790. The standard InChI is InChI=1S/C22H18F2N4O3/c1-12-17(19(27-31-12)13-5-3-2-4-6-13)21(29)28-10-9-14(11-28)25-22-26-16-8-7-15(23)18(24)20(16)30-22/h2-8,14H,9-11H2,1H3,(H,25,26)/t14-/m1/s1. The predicted octanol–water partition coefficient (Wildman–Crippen LogP) is 4.40. The Labute approximate surface area is 175 Å². The van der Waals surface area contributed by atoms with E-state index in [0.29, 0.717) is 36.5 Å². The van der Waals surface area contributed by atoms with Crippen molar-refractivity contribution in [1.29, 1.82) is 0 Å². The summed E-state index contributed by atoms with van der Waals surface area (Å²) in [6.45, 7) is 2.62. The zero-order valence-electron chi connectivity index (χ0n) is 16.6. The number of nitrogens with zero attached hydrogens (tertiary/aromatic N) is 3. The highest BCUT2D eigenvalue weighted by Gasteiger charge is 2.32. The maximum atomic E-state index is 13.9. The van der Waals surface area contributed by atoms with Crippen molar-refractivity contribution in [3.63, 3.8) is 0 Å². The summed E-state index contributed by atoms with van der Waals surface area (Å²) in [5.74, 6) is -1.78. The summed E-state index contributed by atoms with van der Waals surface area (Å²) in [6, 6.07) is 11.7. The minimum Gasteiger partial charge on any atom is -0.420 e. The van der Waals surface area contributed by atoms with E-state index in [4.69, 9.17) is 8.94 Å². The molecular weight excluding hydrogens is 406 g/mol. The fourth-order valence-corrected chi connectivity index (χ4v) is 3.81. The molecule has 2 aromatic heterocycles. The van der Waals surface area contributed by atoms with Gasteiger partial charge in [0, 0.05) is 24.7 Å². The number of rotatable bonds is 4. The Bertz CT molecular complexity index is 1270. The maximum absolute atomic E-state index is 13.9. The van der Waals surface area contributed by atoms with E-state index >= 15 is 0 Å². The number of hydrogen-bond acceptors (Lipinski definition) is 6. The lowest BCUT2D eigenvalue weighted by Gasteiger charge is -2.17. The second kappa shape index (κ2) is 7.50. The Hall–Kier alpha value is -3.75. The summed E-state index contributed by atoms with van der Waals surface area (Å²) >= 11 is 0. The number of likely N-dealkylation sites (tertiary alicyclic amines) is 1. The maximum Gasteiger partial charge on any atom is 0.296 e. The number of carbonyl (C=O) groups is 1. The summed E-state index contributed by atoms with van der Waals surface area (Å²) in [5.41, 5.74) is 1.74. The Balaban J connectivity index is 1.33. The van der Waals surface area contributed by atoms with Crippen LogP contribution in [-0.2, 0) is 0 Å². The first-order chi connectivity index (χ1) is 15.0. The minimum absolute atomic E-state index is 0.0879. The molecule has 31 heavy (non-hydrogen) atoms. The fourth-order valence-electron chi connectivity index (χ4n) is 3.81. The summed E-state index contributed by atoms with van der Waals surface area (Å²) in [6.07, 6.45) is 0.645.